The lowest BCUT2D eigenvalue weighted by atomic mass is 9.65. The van der Waals surface area contributed by atoms with Gasteiger partial charge in [-0.25, -0.2) is 13.1 Å². The zero-order chi connectivity index (χ0) is 15.8. The first-order valence-corrected chi connectivity index (χ1v) is 8.97. The van der Waals surface area contributed by atoms with Gasteiger partial charge in [0.2, 0.25) is 10.0 Å². The molecule has 0 heterocycles. The highest BCUT2D eigenvalue weighted by Crippen LogP contribution is 2.41. The Morgan fingerprint density at radius 3 is 2.33 bits per heavy atom. The van der Waals surface area contributed by atoms with E-state index < -0.39 is 21.5 Å². The SMILES string of the molecule is CCC(C)c1ccc(S(=O)(=O)NC2CC(O)C2(C)C)cc1. The third kappa shape index (κ3) is 3.15. The maximum Gasteiger partial charge on any atom is 0.240 e. The van der Waals surface area contributed by atoms with Crippen LogP contribution in [0.15, 0.2) is 29.2 Å². The van der Waals surface area contributed by atoms with E-state index in [1.54, 1.807) is 12.1 Å². The Bertz CT molecular complexity index is 592. The lowest BCUT2D eigenvalue weighted by Crippen LogP contribution is -2.61. The van der Waals surface area contributed by atoms with Gasteiger partial charge in [-0.2, -0.15) is 0 Å². The number of aliphatic hydroxyl groups is 1. The minimum absolute atomic E-state index is 0.216. The van der Waals surface area contributed by atoms with Gasteiger partial charge < -0.3 is 5.11 Å². The minimum Gasteiger partial charge on any atom is -0.392 e. The van der Waals surface area contributed by atoms with Crippen molar-refractivity contribution in [2.24, 2.45) is 5.41 Å². The fraction of sp³-hybridized carbons (Fsp3) is 0.625. The molecule has 4 nitrogen and oxygen atoms in total. The second kappa shape index (κ2) is 5.71. The largest absolute Gasteiger partial charge is 0.392 e. The van der Waals surface area contributed by atoms with Gasteiger partial charge in [0.15, 0.2) is 0 Å². The summed E-state index contributed by atoms with van der Waals surface area (Å²) in [6, 6.07) is 6.86. The molecule has 1 aliphatic rings. The Labute approximate surface area is 127 Å². The predicted octanol–water partition coefficient (Wildman–Crippen LogP) is 2.64. The van der Waals surface area contributed by atoms with E-state index in [-0.39, 0.29) is 10.9 Å². The van der Waals surface area contributed by atoms with Gasteiger partial charge in [-0.15, -0.1) is 0 Å². The van der Waals surface area contributed by atoms with Crippen LogP contribution in [0.4, 0.5) is 0 Å². The van der Waals surface area contributed by atoms with E-state index in [1.807, 2.05) is 26.0 Å². The summed E-state index contributed by atoms with van der Waals surface area (Å²) in [4.78, 5) is 0.284. The van der Waals surface area contributed by atoms with Gasteiger partial charge in [-0.1, -0.05) is 39.8 Å². The van der Waals surface area contributed by atoms with Gasteiger partial charge in [0, 0.05) is 11.5 Å². The third-order valence-electron chi connectivity index (χ3n) is 4.89. The molecule has 5 heteroatoms. The molecule has 1 aromatic rings. The number of hydrogen-bond acceptors (Lipinski definition) is 3. The van der Waals surface area contributed by atoms with E-state index in [4.69, 9.17) is 0 Å². The molecule has 2 N–H and O–H groups in total. The molecule has 21 heavy (non-hydrogen) atoms. The second-order valence-corrected chi connectivity index (χ2v) is 8.34. The van der Waals surface area contributed by atoms with Crippen LogP contribution in [0.3, 0.4) is 0 Å². The van der Waals surface area contributed by atoms with Crippen LogP contribution in [-0.4, -0.2) is 25.7 Å². The first-order chi connectivity index (χ1) is 9.68. The number of hydrogen-bond donors (Lipinski definition) is 2. The highest BCUT2D eigenvalue weighted by molar-refractivity contribution is 7.89. The molecule has 0 amide bonds. The van der Waals surface area contributed by atoms with Crippen LogP contribution in [0.1, 0.15) is 52.0 Å². The molecule has 1 saturated carbocycles. The van der Waals surface area contributed by atoms with E-state index >= 15 is 0 Å². The van der Waals surface area contributed by atoms with Gasteiger partial charge in [-0.05, 0) is 36.5 Å². The number of rotatable bonds is 5. The van der Waals surface area contributed by atoms with Gasteiger partial charge >= 0.3 is 0 Å². The second-order valence-electron chi connectivity index (χ2n) is 6.63. The molecule has 0 radical (unpaired) electrons. The van der Waals surface area contributed by atoms with Crippen LogP contribution in [0.25, 0.3) is 0 Å². The van der Waals surface area contributed by atoms with Crippen molar-refractivity contribution in [3.8, 4) is 0 Å². The summed E-state index contributed by atoms with van der Waals surface area (Å²) in [5.74, 6) is 0.426. The molecule has 118 valence electrons. The van der Waals surface area contributed by atoms with E-state index in [1.165, 1.54) is 0 Å². The Morgan fingerprint density at radius 2 is 1.90 bits per heavy atom. The molecule has 3 atom stereocenters. The van der Waals surface area contributed by atoms with Crippen molar-refractivity contribution >= 4 is 10.0 Å². The summed E-state index contributed by atoms with van der Waals surface area (Å²) < 4.78 is 27.5. The lowest BCUT2D eigenvalue weighted by molar-refractivity contribution is -0.0645. The van der Waals surface area contributed by atoms with Crippen molar-refractivity contribution < 1.29 is 13.5 Å². The van der Waals surface area contributed by atoms with E-state index in [2.05, 4.69) is 18.6 Å². The number of benzene rings is 1. The van der Waals surface area contributed by atoms with Crippen molar-refractivity contribution in [2.45, 2.75) is 63.5 Å². The van der Waals surface area contributed by atoms with Crippen molar-refractivity contribution in [1.82, 2.24) is 4.72 Å². The first kappa shape index (κ1) is 16.5. The van der Waals surface area contributed by atoms with Crippen LogP contribution >= 0.6 is 0 Å². The van der Waals surface area contributed by atoms with Gasteiger partial charge in [-0.3, -0.25) is 0 Å². The Morgan fingerprint density at radius 1 is 1.33 bits per heavy atom. The topological polar surface area (TPSA) is 66.4 Å². The van der Waals surface area contributed by atoms with Crippen LogP contribution in [0.2, 0.25) is 0 Å². The quantitative estimate of drug-likeness (QED) is 0.878. The van der Waals surface area contributed by atoms with Crippen LogP contribution in [0.5, 0.6) is 0 Å². The number of nitrogens with one attached hydrogen (secondary N) is 1. The molecule has 0 aliphatic heterocycles. The van der Waals surface area contributed by atoms with E-state index in [0.29, 0.717) is 12.3 Å². The Kier molecular flexibility index (Phi) is 4.47. The van der Waals surface area contributed by atoms with Crippen molar-refractivity contribution in [3.63, 3.8) is 0 Å². The lowest BCUT2D eigenvalue weighted by Gasteiger charge is -2.49. The molecule has 1 aliphatic carbocycles. The monoisotopic (exact) mass is 311 g/mol. The average molecular weight is 311 g/mol. The molecular weight excluding hydrogens is 286 g/mol. The van der Waals surface area contributed by atoms with E-state index in [9.17, 15) is 13.5 Å². The van der Waals surface area contributed by atoms with Gasteiger partial charge in [0.1, 0.15) is 0 Å². The first-order valence-electron chi connectivity index (χ1n) is 7.49. The minimum atomic E-state index is -3.53. The fourth-order valence-electron chi connectivity index (χ4n) is 2.57. The molecule has 1 fully saturated rings. The maximum absolute atomic E-state index is 12.4. The maximum atomic E-state index is 12.4. The Hall–Kier alpha value is -0.910. The number of aliphatic hydroxyl groups excluding tert-OH is 1. The zero-order valence-electron chi connectivity index (χ0n) is 13.1. The van der Waals surface area contributed by atoms with E-state index in [0.717, 1.165) is 12.0 Å². The molecule has 3 unspecified atom stereocenters. The standard InChI is InChI=1S/C16H25NO3S/c1-5-11(2)12-6-8-13(9-7-12)21(19,20)17-14-10-15(18)16(14,3)4/h6-9,11,14-15,17-18H,5,10H2,1-4H3. The zero-order valence-corrected chi connectivity index (χ0v) is 13.9. The predicted molar refractivity (Wildman–Crippen MR) is 83.7 cm³/mol. The highest BCUT2D eigenvalue weighted by atomic mass is 32.2. The summed E-state index contributed by atoms with van der Waals surface area (Å²) >= 11 is 0. The third-order valence-corrected chi connectivity index (χ3v) is 6.37. The van der Waals surface area contributed by atoms with Crippen LogP contribution in [-0.2, 0) is 10.0 Å². The van der Waals surface area contributed by atoms with Crippen LogP contribution < -0.4 is 4.72 Å². The summed E-state index contributed by atoms with van der Waals surface area (Å²) in [7, 11) is -3.53. The average Bonchev–Trinajstić information content (AvgIpc) is 2.46. The fourth-order valence-corrected chi connectivity index (χ4v) is 3.97. The van der Waals surface area contributed by atoms with Crippen LogP contribution in [0, 0.1) is 5.41 Å². The molecular formula is C16H25NO3S. The number of sulfonamides is 1. The summed E-state index contributed by atoms with van der Waals surface area (Å²) in [5.41, 5.74) is 0.736. The van der Waals surface area contributed by atoms with Crippen molar-refractivity contribution in [1.29, 1.82) is 0 Å². The smallest absolute Gasteiger partial charge is 0.240 e. The summed E-state index contributed by atoms with van der Waals surface area (Å²) in [6.45, 7) is 7.99. The van der Waals surface area contributed by atoms with Crippen molar-refractivity contribution in [2.75, 3.05) is 0 Å². The van der Waals surface area contributed by atoms with Gasteiger partial charge in [0.25, 0.3) is 0 Å². The molecule has 0 spiro atoms. The molecule has 0 aromatic heterocycles. The summed E-state index contributed by atoms with van der Waals surface area (Å²) in [5, 5.41) is 9.70. The molecule has 2 rings (SSSR count). The Balaban J connectivity index is 2.13. The van der Waals surface area contributed by atoms with Crippen molar-refractivity contribution in [3.05, 3.63) is 29.8 Å². The molecule has 0 bridgehead atoms. The van der Waals surface area contributed by atoms with Gasteiger partial charge in [0.05, 0.1) is 11.0 Å². The highest BCUT2D eigenvalue weighted by Gasteiger charge is 2.48. The molecule has 0 saturated heterocycles. The summed E-state index contributed by atoms with van der Waals surface area (Å²) in [6.07, 6.45) is 1.05. The normalized spacial score (nSPS) is 26.1. The molecule has 1 aromatic carbocycles.